The fraction of sp³-hybridized carbons (Fsp3) is 0.316. The van der Waals surface area contributed by atoms with Crippen LogP contribution in [0.3, 0.4) is 0 Å². The van der Waals surface area contributed by atoms with Gasteiger partial charge in [-0.05, 0) is 50.6 Å². The summed E-state index contributed by atoms with van der Waals surface area (Å²) in [4.78, 5) is 24.8. The molecule has 1 aromatic carbocycles. The van der Waals surface area contributed by atoms with Gasteiger partial charge in [0.05, 0.1) is 6.10 Å². The van der Waals surface area contributed by atoms with Crippen LogP contribution in [-0.4, -0.2) is 26.2 Å². The minimum absolute atomic E-state index is 0.116. The molecule has 0 radical (unpaired) electrons. The Labute approximate surface area is 151 Å². The van der Waals surface area contributed by atoms with E-state index < -0.39 is 6.04 Å². The molecule has 1 amide bonds. The van der Waals surface area contributed by atoms with Crippen molar-refractivity contribution in [1.29, 1.82) is 0 Å². The van der Waals surface area contributed by atoms with Crippen LogP contribution >= 0.6 is 0 Å². The quantitative estimate of drug-likeness (QED) is 0.736. The molecule has 26 heavy (non-hydrogen) atoms. The van der Waals surface area contributed by atoms with E-state index in [0.717, 1.165) is 11.3 Å². The Morgan fingerprint density at radius 3 is 2.62 bits per heavy atom. The topological polar surface area (TPSA) is 77.6 Å². The number of amides is 1. The molecule has 1 unspecified atom stereocenters. The Morgan fingerprint density at radius 1 is 1.19 bits per heavy atom. The average molecular weight is 354 g/mol. The molecule has 0 aliphatic heterocycles. The number of aromatic nitrogens is 3. The SMILES string of the molecule is CC(C)Oc1ccc(CNC(=O)C(C)n2ncn3cccc3c2=O)cc1. The predicted molar refractivity (Wildman–Crippen MR) is 98.2 cm³/mol. The van der Waals surface area contributed by atoms with Gasteiger partial charge in [0, 0.05) is 12.7 Å². The van der Waals surface area contributed by atoms with E-state index in [1.54, 1.807) is 29.7 Å². The number of carbonyl (C=O) groups is 1. The van der Waals surface area contributed by atoms with Crippen LogP contribution in [0.15, 0.2) is 53.7 Å². The van der Waals surface area contributed by atoms with Crippen molar-refractivity contribution < 1.29 is 9.53 Å². The highest BCUT2D eigenvalue weighted by molar-refractivity contribution is 5.79. The second-order valence-electron chi connectivity index (χ2n) is 6.39. The van der Waals surface area contributed by atoms with Gasteiger partial charge in [-0.3, -0.25) is 9.59 Å². The minimum Gasteiger partial charge on any atom is -0.491 e. The molecular formula is C19H22N4O3. The second-order valence-corrected chi connectivity index (χ2v) is 6.39. The van der Waals surface area contributed by atoms with Crippen molar-refractivity contribution >= 4 is 11.4 Å². The van der Waals surface area contributed by atoms with Crippen molar-refractivity contribution in [1.82, 2.24) is 19.5 Å². The molecule has 2 heterocycles. The highest BCUT2D eigenvalue weighted by Gasteiger charge is 2.18. The zero-order chi connectivity index (χ0) is 18.7. The molecule has 0 aliphatic carbocycles. The van der Waals surface area contributed by atoms with Gasteiger partial charge in [0.2, 0.25) is 5.91 Å². The number of hydrogen-bond acceptors (Lipinski definition) is 4. The Hall–Kier alpha value is -3.09. The lowest BCUT2D eigenvalue weighted by Gasteiger charge is -2.14. The number of benzene rings is 1. The lowest BCUT2D eigenvalue weighted by molar-refractivity contribution is -0.124. The number of nitrogens with zero attached hydrogens (tertiary/aromatic N) is 3. The Bertz CT molecular complexity index is 957. The summed E-state index contributed by atoms with van der Waals surface area (Å²) >= 11 is 0. The molecule has 136 valence electrons. The second kappa shape index (κ2) is 7.43. The van der Waals surface area contributed by atoms with Crippen molar-refractivity contribution in [2.24, 2.45) is 0 Å². The van der Waals surface area contributed by atoms with Crippen molar-refractivity contribution in [3.63, 3.8) is 0 Å². The molecule has 0 saturated heterocycles. The fourth-order valence-corrected chi connectivity index (χ4v) is 2.64. The van der Waals surface area contributed by atoms with Gasteiger partial charge in [-0.25, -0.2) is 4.68 Å². The van der Waals surface area contributed by atoms with E-state index in [9.17, 15) is 9.59 Å². The van der Waals surface area contributed by atoms with E-state index in [4.69, 9.17) is 4.74 Å². The first-order valence-electron chi connectivity index (χ1n) is 8.53. The average Bonchev–Trinajstić information content (AvgIpc) is 3.10. The van der Waals surface area contributed by atoms with Crippen LogP contribution in [0.25, 0.3) is 5.52 Å². The standard InChI is InChI=1S/C19H22N4O3/c1-13(2)26-16-8-6-15(7-9-16)11-20-18(24)14(3)23-19(25)17-5-4-10-22(17)12-21-23/h4-10,12-14H,11H2,1-3H3,(H,20,24). The molecule has 0 aliphatic rings. The number of hydrogen-bond donors (Lipinski definition) is 1. The molecule has 2 aromatic heterocycles. The van der Waals surface area contributed by atoms with E-state index in [2.05, 4.69) is 10.4 Å². The summed E-state index contributed by atoms with van der Waals surface area (Å²) in [5.41, 5.74) is 1.14. The first kappa shape index (κ1) is 17.7. The highest BCUT2D eigenvalue weighted by Crippen LogP contribution is 2.14. The van der Waals surface area contributed by atoms with Crippen LogP contribution in [0, 0.1) is 0 Å². The van der Waals surface area contributed by atoms with Crippen molar-refractivity contribution in [2.45, 2.75) is 39.5 Å². The van der Waals surface area contributed by atoms with Crippen LogP contribution in [0.2, 0.25) is 0 Å². The molecule has 1 N–H and O–H groups in total. The molecule has 0 bridgehead atoms. The van der Waals surface area contributed by atoms with E-state index in [0.29, 0.717) is 12.1 Å². The molecule has 0 fully saturated rings. The van der Waals surface area contributed by atoms with Crippen LogP contribution in [0.5, 0.6) is 5.75 Å². The summed E-state index contributed by atoms with van der Waals surface area (Å²) in [6, 6.07) is 10.3. The summed E-state index contributed by atoms with van der Waals surface area (Å²) in [6.07, 6.45) is 3.38. The maximum atomic E-state index is 12.4. The van der Waals surface area contributed by atoms with Crippen molar-refractivity contribution in [3.05, 3.63) is 64.8 Å². The first-order valence-corrected chi connectivity index (χ1v) is 8.53. The summed E-state index contributed by atoms with van der Waals surface area (Å²) in [5.74, 6) is 0.526. The van der Waals surface area contributed by atoms with Gasteiger partial charge in [-0.2, -0.15) is 5.10 Å². The molecule has 3 aromatic rings. The summed E-state index contributed by atoms with van der Waals surface area (Å²) in [7, 11) is 0. The lowest BCUT2D eigenvalue weighted by atomic mass is 10.2. The van der Waals surface area contributed by atoms with E-state index >= 15 is 0 Å². The van der Waals surface area contributed by atoms with Gasteiger partial charge in [-0.15, -0.1) is 0 Å². The number of carbonyl (C=O) groups excluding carboxylic acids is 1. The van der Waals surface area contributed by atoms with Crippen molar-refractivity contribution in [2.75, 3.05) is 0 Å². The molecule has 1 atom stereocenters. The molecule has 7 heteroatoms. The number of nitrogens with one attached hydrogen (secondary N) is 1. The Morgan fingerprint density at radius 2 is 1.92 bits per heavy atom. The van der Waals surface area contributed by atoms with Crippen molar-refractivity contribution in [3.8, 4) is 5.75 Å². The zero-order valence-electron chi connectivity index (χ0n) is 15.0. The van der Waals surface area contributed by atoms with E-state index in [1.165, 1.54) is 11.0 Å². The normalized spacial score (nSPS) is 12.3. The van der Waals surface area contributed by atoms with Gasteiger partial charge in [0.15, 0.2) is 0 Å². The highest BCUT2D eigenvalue weighted by atomic mass is 16.5. The fourth-order valence-electron chi connectivity index (χ4n) is 2.64. The smallest absolute Gasteiger partial charge is 0.291 e. The van der Waals surface area contributed by atoms with Crippen LogP contribution in [0.4, 0.5) is 0 Å². The number of rotatable bonds is 6. The van der Waals surface area contributed by atoms with Crippen LogP contribution < -0.4 is 15.6 Å². The molecular weight excluding hydrogens is 332 g/mol. The van der Waals surface area contributed by atoms with Gasteiger partial charge in [0.1, 0.15) is 23.6 Å². The number of ether oxygens (including phenoxy) is 1. The van der Waals surface area contributed by atoms with Gasteiger partial charge in [0.25, 0.3) is 5.56 Å². The maximum absolute atomic E-state index is 12.4. The van der Waals surface area contributed by atoms with Gasteiger partial charge >= 0.3 is 0 Å². The Kier molecular flexibility index (Phi) is 5.06. The lowest BCUT2D eigenvalue weighted by Crippen LogP contribution is -2.37. The number of fused-ring (bicyclic) bond motifs is 1. The van der Waals surface area contributed by atoms with E-state index in [-0.39, 0.29) is 17.6 Å². The molecule has 3 rings (SSSR count). The summed E-state index contributed by atoms with van der Waals surface area (Å²) in [5, 5.41) is 6.92. The third-order valence-corrected chi connectivity index (χ3v) is 4.01. The third-order valence-electron chi connectivity index (χ3n) is 4.01. The van der Waals surface area contributed by atoms with Crippen LogP contribution in [0.1, 0.15) is 32.4 Å². The first-order chi connectivity index (χ1) is 12.5. The molecule has 7 nitrogen and oxygen atoms in total. The monoisotopic (exact) mass is 354 g/mol. The minimum atomic E-state index is -0.703. The van der Waals surface area contributed by atoms with E-state index in [1.807, 2.05) is 38.1 Å². The maximum Gasteiger partial charge on any atom is 0.291 e. The largest absolute Gasteiger partial charge is 0.491 e. The Balaban J connectivity index is 1.65. The third kappa shape index (κ3) is 3.77. The molecule has 0 saturated carbocycles. The predicted octanol–water partition coefficient (Wildman–Crippen LogP) is 2.16. The van der Waals surface area contributed by atoms with Gasteiger partial charge < -0.3 is 14.5 Å². The summed E-state index contributed by atoms with van der Waals surface area (Å²) < 4.78 is 8.42. The van der Waals surface area contributed by atoms with Gasteiger partial charge in [-0.1, -0.05) is 12.1 Å². The summed E-state index contributed by atoms with van der Waals surface area (Å²) in [6.45, 7) is 5.96. The van der Waals surface area contributed by atoms with Crippen LogP contribution in [-0.2, 0) is 11.3 Å². The molecule has 0 spiro atoms. The zero-order valence-corrected chi connectivity index (χ0v) is 15.0.